The molecule has 4 aromatic rings. The van der Waals surface area contributed by atoms with E-state index in [4.69, 9.17) is 5.73 Å². The number of fused-ring (bicyclic) bond motifs is 1. The van der Waals surface area contributed by atoms with Crippen LogP contribution in [0.4, 0.5) is 5.95 Å². The van der Waals surface area contributed by atoms with Crippen molar-refractivity contribution in [3.05, 3.63) is 60.2 Å². The van der Waals surface area contributed by atoms with Crippen molar-refractivity contribution in [3.8, 4) is 5.95 Å². The Kier molecular flexibility index (Phi) is 3.58. The zero-order chi connectivity index (χ0) is 18.3. The van der Waals surface area contributed by atoms with Gasteiger partial charge in [-0.25, -0.2) is 24.9 Å². The van der Waals surface area contributed by atoms with Gasteiger partial charge >= 0.3 is 0 Å². The summed E-state index contributed by atoms with van der Waals surface area (Å²) in [5.41, 5.74) is 6.42. The number of nitrogens with two attached hydrogens (primary N) is 1. The lowest BCUT2D eigenvalue weighted by Crippen LogP contribution is -2.25. The van der Waals surface area contributed by atoms with Crippen LogP contribution >= 0.6 is 0 Å². The quantitative estimate of drug-likeness (QED) is 0.564. The molecule has 9 heteroatoms. The van der Waals surface area contributed by atoms with E-state index in [2.05, 4.69) is 29.9 Å². The van der Waals surface area contributed by atoms with Crippen molar-refractivity contribution >= 4 is 17.0 Å². The molecule has 3 heterocycles. The molecular weight excluding hydrogens is 332 g/mol. The van der Waals surface area contributed by atoms with E-state index in [1.165, 1.54) is 6.33 Å². The fourth-order valence-corrected chi connectivity index (χ4v) is 2.84. The number of aliphatic hydroxyl groups is 1. The number of rotatable bonds is 3. The Morgan fingerprint density at radius 2 is 1.85 bits per heavy atom. The third kappa shape index (κ3) is 2.54. The highest BCUT2D eigenvalue weighted by Crippen LogP contribution is 2.30. The van der Waals surface area contributed by atoms with Gasteiger partial charge in [-0.2, -0.15) is 4.98 Å². The minimum absolute atomic E-state index is 0.122. The van der Waals surface area contributed by atoms with Gasteiger partial charge in [-0.15, -0.1) is 0 Å². The van der Waals surface area contributed by atoms with Crippen LogP contribution in [-0.2, 0) is 5.60 Å². The molecule has 4 rings (SSSR count). The van der Waals surface area contributed by atoms with Crippen molar-refractivity contribution < 1.29 is 5.11 Å². The van der Waals surface area contributed by atoms with Crippen LogP contribution in [0, 0.1) is 6.92 Å². The van der Waals surface area contributed by atoms with Gasteiger partial charge in [-0.05, 0) is 37.6 Å². The van der Waals surface area contributed by atoms with Crippen LogP contribution in [0.3, 0.4) is 0 Å². The SMILES string of the molecule is Cc1nc2ccc(C(C)(O)c3ncccn3)cc2n1-c1ncnc(N)n1. The summed E-state index contributed by atoms with van der Waals surface area (Å²) in [6, 6.07) is 7.16. The molecule has 0 aliphatic heterocycles. The summed E-state index contributed by atoms with van der Waals surface area (Å²) in [4.78, 5) is 25.0. The molecular formula is C17H16N8O. The maximum atomic E-state index is 11.0. The van der Waals surface area contributed by atoms with Crippen molar-refractivity contribution in [2.75, 3.05) is 5.73 Å². The summed E-state index contributed by atoms with van der Waals surface area (Å²) in [5.74, 6) is 1.49. The Morgan fingerprint density at radius 3 is 2.58 bits per heavy atom. The Morgan fingerprint density at radius 1 is 1.08 bits per heavy atom. The summed E-state index contributed by atoms with van der Waals surface area (Å²) >= 11 is 0. The van der Waals surface area contributed by atoms with Crippen LogP contribution in [0.2, 0.25) is 0 Å². The maximum absolute atomic E-state index is 11.0. The number of aromatic nitrogens is 7. The molecule has 130 valence electrons. The lowest BCUT2D eigenvalue weighted by atomic mass is 9.94. The fourth-order valence-electron chi connectivity index (χ4n) is 2.84. The number of aryl methyl sites for hydroxylation is 1. The third-order valence-electron chi connectivity index (χ3n) is 4.16. The van der Waals surface area contributed by atoms with Gasteiger partial charge < -0.3 is 10.8 Å². The average Bonchev–Trinajstić information content (AvgIpc) is 2.97. The number of hydrogen-bond donors (Lipinski definition) is 2. The van der Waals surface area contributed by atoms with Crippen molar-refractivity contribution in [3.63, 3.8) is 0 Å². The maximum Gasteiger partial charge on any atom is 0.240 e. The molecule has 1 unspecified atom stereocenters. The first-order valence-corrected chi connectivity index (χ1v) is 7.91. The second-order valence-corrected chi connectivity index (χ2v) is 5.99. The monoisotopic (exact) mass is 348 g/mol. The molecule has 0 aliphatic rings. The molecule has 0 fully saturated rings. The molecule has 0 aliphatic carbocycles. The van der Waals surface area contributed by atoms with Gasteiger partial charge in [-0.3, -0.25) is 4.57 Å². The van der Waals surface area contributed by atoms with E-state index in [1.807, 2.05) is 19.1 Å². The van der Waals surface area contributed by atoms with Crippen LogP contribution in [0.15, 0.2) is 43.0 Å². The van der Waals surface area contributed by atoms with Gasteiger partial charge in [-0.1, -0.05) is 6.07 Å². The lowest BCUT2D eigenvalue weighted by molar-refractivity contribution is 0.0922. The number of anilines is 1. The summed E-state index contributed by atoms with van der Waals surface area (Å²) in [6.45, 7) is 3.50. The topological polar surface area (TPSA) is 129 Å². The van der Waals surface area contributed by atoms with Crippen LogP contribution in [0.5, 0.6) is 0 Å². The van der Waals surface area contributed by atoms with Crippen molar-refractivity contribution in [1.29, 1.82) is 0 Å². The molecule has 0 bridgehead atoms. The second kappa shape index (κ2) is 5.81. The Bertz CT molecular complexity index is 1090. The standard InChI is InChI=1S/C17H16N8O/c1-10-23-12-5-4-11(17(2,26)14-19-6-3-7-20-14)8-13(12)25(10)16-22-9-21-15(18)24-16/h3-9,26H,1-2H3,(H2,18,21,22,24). The molecule has 0 spiro atoms. The highest BCUT2D eigenvalue weighted by atomic mass is 16.3. The number of nitrogen functional groups attached to an aromatic ring is 1. The molecule has 0 saturated heterocycles. The van der Waals surface area contributed by atoms with Crippen LogP contribution in [-0.4, -0.2) is 39.6 Å². The predicted octanol–water partition coefficient (Wildman–Crippen LogP) is 1.15. The zero-order valence-corrected chi connectivity index (χ0v) is 14.2. The summed E-state index contributed by atoms with van der Waals surface area (Å²) in [6.07, 6.45) is 4.54. The van der Waals surface area contributed by atoms with Crippen molar-refractivity contribution in [2.45, 2.75) is 19.4 Å². The second-order valence-electron chi connectivity index (χ2n) is 5.99. The van der Waals surface area contributed by atoms with E-state index < -0.39 is 5.60 Å². The molecule has 9 nitrogen and oxygen atoms in total. The van der Waals surface area contributed by atoms with Crippen LogP contribution < -0.4 is 5.73 Å². The lowest BCUT2D eigenvalue weighted by Gasteiger charge is -2.22. The van der Waals surface area contributed by atoms with Crippen LogP contribution in [0.25, 0.3) is 17.0 Å². The van der Waals surface area contributed by atoms with Crippen molar-refractivity contribution in [2.24, 2.45) is 0 Å². The van der Waals surface area contributed by atoms with E-state index >= 15 is 0 Å². The average molecular weight is 348 g/mol. The van der Waals surface area contributed by atoms with E-state index in [9.17, 15) is 5.11 Å². The number of hydrogen-bond acceptors (Lipinski definition) is 8. The molecule has 1 aromatic carbocycles. The van der Waals surface area contributed by atoms with Gasteiger partial charge in [0.1, 0.15) is 17.8 Å². The largest absolute Gasteiger partial charge is 0.377 e. The number of benzene rings is 1. The number of imidazole rings is 1. The normalized spacial score (nSPS) is 13.7. The minimum atomic E-state index is -1.36. The smallest absolute Gasteiger partial charge is 0.240 e. The van der Waals surface area contributed by atoms with Gasteiger partial charge in [0.05, 0.1) is 11.0 Å². The molecule has 3 N–H and O–H groups in total. The fraction of sp³-hybridized carbons (Fsp3) is 0.176. The van der Waals surface area contributed by atoms with E-state index in [0.717, 1.165) is 11.0 Å². The predicted molar refractivity (Wildman–Crippen MR) is 94.3 cm³/mol. The minimum Gasteiger partial charge on any atom is -0.377 e. The van der Waals surface area contributed by atoms with E-state index in [0.29, 0.717) is 23.2 Å². The van der Waals surface area contributed by atoms with E-state index in [-0.39, 0.29) is 5.95 Å². The molecule has 1 atom stereocenters. The Labute approximate surface area is 148 Å². The highest BCUT2D eigenvalue weighted by molar-refractivity contribution is 5.79. The third-order valence-corrected chi connectivity index (χ3v) is 4.16. The first kappa shape index (κ1) is 16.0. The number of nitrogens with zero attached hydrogens (tertiary/aromatic N) is 7. The van der Waals surface area contributed by atoms with Crippen LogP contribution in [0.1, 0.15) is 24.1 Å². The Balaban J connectivity index is 1.91. The summed E-state index contributed by atoms with van der Waals surface area (Å²) in [5, 5.41) is 11.0. The first-order valence-electron chi connectivity index (χ1n) is 7.91. The van der Waals surface area contributed by atoms with Gasteiger partial charge in [0.25, 0.3) is 0 Å². The molecule has 0 radical (unpaired) electrons. The van der Waals surface area contributed by atoms with E-state index in [1.54, 1.807) is 36.0 Å². The Hall–Kier alpha value is -3.46. The summed E-state index contributed by atoms with van der Waals surface area (Å²) < 4.78 is 1.76. The molecule has 0 amide bonds. The molecule has 26 heavy (non-hydrogen) atoms. The van der Waals surface area contributed by atoms with Gasteiger partial charge in [0.2, 0.25) is 11.9 Å². The summed E-state index contributed by atoms with van der Waals surface area (Å²) in [7, 11) is 0. The van der Waals surface area contributed by atoms with Gasteiger partial charge in [0, 0.05) is 12.4 Å². The van der Waals surface area contributed by atoms with Gasteiger partial charge in [0.15, 0.2) is 5.82 Å². The van der Waals surface area contributed by atoms with Crippen molar-refractivity contribution in [1.82, 2.24) is 34.5 Å². The zero-order valence-electron chi connectivity index (χ0n) is 14.2. The molecule has 0 saturated carbocycles. The molecule has 3 aromatic heterocycles. The first-order chi connectivity index (χ1) is 12.5. The highest BCUT2D eigenvalue weighted by Gasteiger charge is 2.29.